The van der Waals surface area contributed by atoms with Crippen molar-refractivity contribution in [3.05, 3.63) is 16.6 Å². The second-order valence-corrected chi connectivity index (χ2v) is 5.69. The highest BCUT2D eigenvalue weighted by molar-refractivity contribution is 7.09. The van der Waals surface area contributed by atoms with E-state index in [9.17, 15) is 9.59 Å². The van der Waals surface area contributed by atoms with Crippen LogP contribution in [-0.2, 0) is 16.1 Å². The smallest absolute Gasteiger partial charge is 0.246 e. The molecule has 2 amide bonds. The number of aromatic nitrogens is 1. The van der Waals surface area contributed by atoms with E-state index in [1.807, 2.05) is 13.8 Å². The van der Waals surface area contributed by atoms with Crippen molar-refractivity contribution >= 4 is 23.2 Å². The van der Waals surface area contributed by atoms with Gasteiger partial charge in [-0.15, -0.1) is 11.3 Å². The molecule has 6 heteroatoms. The van der Waals surface area contributed by atoms with Crippen LogP contribution in [0.25, 0.3) is 0 Å². The Morgan fingerprint density at radius 1 is 1.56 bits per heavy atom. The lowest BCUT2D eigenvalue weighted by Gasteiger charge is -2.45. The van der Waals surface area contributed by atoms with E-state index >= 15 is 0 Å². The molecule has 0 bridgehead atoms. The van der Waals surface area contributed by atoms with Crippen LogP contribution >= 0.6 is 11.3 Å². The van der Waals surface area contributed by atoms with Gasteiger partial charge in [0.25, 0.3) is 0 Å². The number of amides is 2. The molecule has 1 aliphatic heterocycles. The minimum Gasteiger partial charge on any atom is -0.343 e. The van der Waals surface area contributed by atoms with Crippen molar-refractivity contribution < 1.29 is 9.59 Å². The van der Waals surface area contributed by atoms with Crippen molar-refractivity contribution in [1.82, 2.24) is 15.2 Å². The van der Waals surface area contributed by atoms with Crippen molar-refractivity contribution in [2.75, 3.05) is 0 Å². The Bertz CT molecular complexity index is 460. The number of nitrogens with one attached hydrogen (secondary N) is 1. The van der Waals surface area contributed by atoms with Crippen LogP contribution in [0.2, 0.25) is 0 Å². The molecular weight excluding hydrogens is 250 g/mol. The summed E-state index contributed by atoms with van der Waals surface area (Å²) >= 11 is 1.50. The summed E-state index contributed by atoms with van der Waals surface area (Å²) in [7, 11) is 0. The summed E-state index contributed by atoms with van der Waals surface area (Å²) in [6.07, 6.45) is 2.33. The number of hydrogen-bond donors (Lipinski definition) is 1. The highest BCUT2D eigenvalue weighted by atomic mass is 32.1. The zero-order valence-corrected chi connectivity index (χ0v) is 11.6. The summed E-state index contributed by atoms with van der Waals surface area (Å²) in [4.78, 5) is 31.1. The summed E-state index contributed by atoms with van der Waals surface area (Å²) < 4.78 is 0. The molecule has 1 N–H and O–H groups in total. The van der Waals surface area contributed by atoms with E-state index in [0.29, 0.717) is 13.0 Å². The van der Waals surface area contributed by atoms with Gasteiger partial charge >= 0.3 is 0 Å². The molecule has 0 saturated carbocycles. The van der Waals surface area contributed by atoms with Crippen molar-refractivity contribution in [2.24, 2.45) is 0 Å². The van der Waals surface area contributed by atoms with E-state index in [2.05, 4.69) is 10.3 Å². The van der Waals surface area contributed by atoms with Gasteiger partial charge in [-0.25, -0.2) is 0 Å². The molecule has 2 unspecified atom stereocenters. The molecule has 1 aromatic rings. The molecule has 1 aromatic heterocycles. The summed E-state index contributed by atoms with van der Waals surface area (Å²) in [6, 6.07) is -0.454. The van der Waals surface area contributed by atoms with Crippen LogP contribution in [0.1, 0.15) is 32.1 Å². The van der Waals surface area contributed by atoms with E-state index in [1.165, 1.54) is 11.3 Å². The first-order chi connectivity index (χ1) is 8.49. The van der Waals surface area contributed by atoms with Crippen molar-refractivity contribution in [1.29, 1.82) is 0 Å². The van der Waals surface area contributed by atoms with Gasteiger partial charge in [-0.3, -0.25) is 14.6 Å². The van der Waals surface area contributed by atoms with E-state index < -0.39 is 11.6 Å². The lowest BCUT2D eigenvalue weighted by atomic mass is 9.91. The number of carbonyl (C=O) groups is 2. The standard InChI is InChI=1S/C12H17N3O2S/c1-4-12(3)11(17)14-8(2)10(16)15(12)6-9-5-13-7-18-9/h5,7-8H,4,6H2,1-3H3,(H,14,17). The van der Waals surface area contributed by atoms with Crippen molar-refractivity contribution in [2.45, 2.75) is 45.3 Å². The lowest BCUT2D eigenvalue weighted by molar-refractivity contribution is -0.157. The molecule has 0 spiro atoms. The maximum Gasteiger partial charge on any atom is 0.246 e. The molecule has 0 radical (unpaired) electrons. The SMILES string of the molecule is CCC1(C)C(=O)NC(C)C(=O)N1Cc1cncs1. The summed E-state index contributed by atoms with van der Waals surface area (Å²) in [5.41, 5.74) is 0.962. The van der Waals surface area contributed by atoms with Crippen molar-refractivity contribution in [3.63, 3.8) is 0 Å². The zero-order chi connectivity index (χ0) is 13.3. The quantitative estimate of drug-likeness (QED) is 0.894. The summed E-state index contributed by atoms with van der Waals surface area (Å²) in [5, 5.41) is 2.74. The van der Waals surface area contributed by atoms with Crippen LogP contribution in [0.3, 0.4) is 0 Å². The molecule has 5 nitrogen and oxygen atoms in total. The van der Waals surface area contributed by atoms with Gasteiger partial charge < -0.3 is 10.2 Å². The fourth-order valence-corrected chi connectivity index (χ4v) is 2.68. The minimum absolute atomic E-state index is 0.0349. The van der Waals surface area contributed by atoms with Gasteiger partial charge in [0.05, 0.1) is 12.1 Å². The number of carbonyl (C=O) groups excluding carboxylic acids is 2. The van der Waals surface area contributed by atoms with Gasteiger partial charge in [-0.05, 0) is 20.3 Å². The third kappa shape index (κ3) is 2.01. The highest BCUT2D eigenvalue weighted by Gasteiger charge is 2.46. The Morgan fingerprint density at radius 2 is 2.28 bits per heavy atom. The number of nitrogens with zero attached hydrogens (tertiary/aromatic N) is 2. The number of thiazole rings is 1. The second kappa shape index (κ2) is 4.68. The maximum absolute atomic E-state index is 12.3. The average molecular weight is 267 g/mol. The van der Waals surface area contributed by atoms with E-state index in [1.54, 1.807) is 23.5 Å². The Labute approximate surface area is 110 Å². The van der Waals surface area contributed by atoms with Gasteiger partial charge in [0.1, 0.15) is 11.6 Å². The van der Waals surface area contributed by atoms with Gasteiger partial charge in [0, 0.05) is 11.1 Å². The number of hydrogen-bond acceptors (Lipinski definition) is 4. The van der Waals surface area contributed by atoms with Gasteiger partial charge in [-0.1, -0.05) is 6.92 Å². The molecule has 0 aliphatic carbocycles. The summed E-state index contributed by atoms with van der Waals surface area (Å²) in [5.74, 6) is -0.117. The van der Waals surface area contributed by atoms with Crippen LogP contribution in [0, 0.1) is 0 Å². The van der Waals surface area contributed by atoms with Crippen LogP contribution in [0.4, 0.5) is 0 Å². The predicted octanol–water partition coefficient (Wildman–Crippen LogP) is 1.16. The molecule has 2 rings (SSSR count). The lowest BCUT2D eigenvalue weighted by Crippen LogP contribution is -2.68. The van der Waals surface area contributed by atoms with Crippen LogP contribution in [-0.4, -0.2) is 33.3 Å². The van der Waals surface area contributed by atoms with Crippen LogP contribution in [0.15, 0.2) is 11.7 Å². The third-order valence-corrected chi connectivity index (χ3v) is 4.32. The Kier molecular flexibility index (Phi) is 3.38. The minimum atomic E-state index is -0.770. The average Bonchev–Trinajstić information content (AvgIpc) is 2.85. The highest BCUT2D eigenvalue weighted by Crippen LogP contribution is 2.27. The van der Waals surface area contributed by atoms with Gasteiger partial charge in [0.15, 0.2) is 0 Å². The topological polar surface area (TPSA) is 62.3 Å². The molecular formula is C12H17N3O2S. The van der Waals surface area contributed by atoms with Crippen molar-refractivity contribution in [3.8, 4) is 0 Å². The molecule has 2 heterocycles. The molecule has 98 valence electrons. The third-order valence-electron chi connectivity index (χ3n) is 3.55. The Hall–Kier alpha value is -1.43. The molecule has 0 aromatic carbocycles. The Morgan fingerprint density at radius 3 is 2.83 bits per heavy atom. The second-order valence-electron chi connectivity index (χ2n) is 4.71. The number of piperazine rings is 1. The molecule has 2 atom stereocenters. The number of rotatable bonds is 3. The first-order valence-corrected chi connectivity index (χ1v) is 6.87. The van der Waals surface area contributed by atoms with Crippen LogP contribution in [0.5, 0.6) is 0 Å². The van der Waals surface area contributed by atoms with E-state index in [0.717, 1.165) is 4.88 Å². The summed E-state index contributed by atoms with van der Waals surface area (Å²) in [6.45, 7) is 5.90. The monoisotopic (exact) mass is 267 g/mol. The first-order valence-electron chi connectivity index (χ1n) is 5.99. The van der Waals surface area contributed by atoms with Gasteiger partial charge in [0.2, 0.25) is 11.8 Å². The normalized spacial score (nSPS) is 28.4. The van der Waals surface area contributed by atoms with E-state index in [4.69, 9.17) is 0 Å². The molecule has 1 fully saturated rings. The molecule has 1 saturated heterocycles. The fraction of sp³-hybridized carbons (Fsp3) is 0.583. The largest absolute Gasteiger partial charge is 0.343 e. The van der Waals surface area contributed by atoms with E-state index in [-0.39, 0.29) is 11.8 Å². The zero-order valence-electron chi connectivity index (χ0n) is 10.8. The van der Waals surface area contributed by atoms with Crippen LogP contribution < -0.4 is 5.32 Å². The fourth-order valence-electron chi connectivity index (χ4n) is 2.09. The molecule has 1 aliphatic rings. The molecule has 18 heavy (non-hydrogen) atoms. The predicted molar refractivity (Wildman–Crippen MR) is 69.0 cm³/mol. The first kappa shape index (κ1) is 13.0. The Balaban J connectivity index is 2.31. The maximum atomic E-state index is 12.3. The van der Waals surface area contributed by atoms with Gasteiger partial charge in [-0.2, -0.15) is 0 Å².